The van der Waals surface area contributed by atoms with Gasteiger partial charge in [0.25, 0.3) is 0 Å². The number of benzene rings is 2. The number of para-hydroxylation sites is 1. The number of carboxylic acid groups (broad SMARTS) is 1. The highest BCUT2D eigenvalue weighted by atomic mass is 35.5. The van der Waals surface area contributed by atoms with Gasteiger partial charge in [-0.25, -0.2) is 10.3 Å². The third kappa shape index (κ3) is 2.57. The van der Waals surface area contributed by atoms with Gasteiger partial charge in [-0.3, -0.25) is 4.79 Å². The van der Waals surface area contributed by atoms with E-state index in [1.54, 1.807) is 42.5 Å². The molecule has 0 aliphatic rings. The van der Waals surface area contributed by atoms with Crippen LogP contribution in [0.2, 0.25) is 5.02 Å². The van der Waals surface area contributed by atoms with Crippen molar-refractivity contribution in [2.75, 3.05) is 0 Å². The lowest BCUT2D eigenvalue weighted by Crippen LogP contribution is -2.23. The number of nitrogens with one attached hydrogen (secondary N) is 1. The number of nitrogens with zero attached hydrogens (tertiary/aromatic N) is 2. The van der Waals surface area contributed by atoms with Gasteiger partial charge in [-0.1, -0.05) is 29.8 Å². The highest BCUT2D eigenvalue weighted by Crippen LogP contribution is 2.25. The zero-order valence-electron chi connectivity index (χ0n) is 12.4. The summed E-state index contributed by atoms with van der Waals surface area (Å²) in [5.41, 5.74) is 7.33. The molecule has 0 saturated carbocycles. The summed E-state index contributed by atoms with van der Waals surface area (Å²) in [6, 6.07) is 13.5. The molecule has 0 fully saturated rings. The van der Waals surface area contributed by atoms with Gasteiger partial charge in [0.15, 0.2) is 5.43 Å². The Balaban J connectivity index is 2.59. The van der Waals surface area contributed by atoms with E-state index in [0.717, 1.165) is 0 Å². The van der Waals surface area contributed by atoms with Gasteiger partial charge in [0.1, 0.15) is 5.69 Å². The number of pyridine rings is 1. The van der Waals surface area contributed by atoms with E-state index < -0.39 is 11.4 Å². The molecule has 6 nitrogen and oxygen atoms in total. The monoisotopic (exact) mass is 341 g/mol. The molecule has 0 aliphatic heterocycles. The topological polar surface area (TPSA) is 95.5 Å². The number of fused-ring (bicyclic) bond motifs is 1. The first-order valence-electron chi connectivity index (χ1n) is 7.03. The van der Waals surface area contributed by atoms with E-state index in [2.05, 4.69) is 5.11 Å². The Kier molecular flexibility index (Phi) is 4.14. The number of halogens is 1. The van der Waals surface area contributed by atoms with Crippen molar-refractivity contribution in [2.45, 2.75) is 6.54 Å². The van der Waals surface area contributed by atoms with Crippen LogP contribution in [0.3, 0.4) is 0 Å². The summed E-state index contributed by atoms with van der Waals surface area (Å²) < 4.78 is 1.46. The van der Waals surface area contributed by atoms with Gasteiger partial charge < -0.3 is 9.67 Å². The van der Waals surface area contributed by atoms with Crippen molar-refractivity contribution >= 4 is 28.5 Å². The smallest absolute Gasteiger partial charge is 0.353 e. The maximum absolute atomic E-state index is 12.7. The molecule has 0 unspecified atom stereocenters. The van der Waals surface area contributed by atoms with Crippen LogP contribution in [0, 0.1) is 5.53 Å². The van der Waals surface area contributed by atoms with Crippen LogP contribution < -0.4 is 5.43 Å². The Hall–Kier alpha value is -2.99. The van der Waals surface area contributed by atoms with Crippen molar-refractivity contribution < 1.29 is 9.90 Å². The molecular weight excluding hydrogens is 330 g/mol. The predicted molar refractivity (Wildman–Crippen MR) is 90.4 cm³/mol. The number of carboxylic acids is 1. The fourth-order valence-corrected chi connectivity index (χ4v) is 2.87. The van der Waals surface area contributed by atoms with E-state index in [0.29, 0.717) is 21.6 Å². The molecule has 0 spiro atoms. The standard InChI is InChI=1S/C17H12ClN3O3/c18-10-6-7-12-14(8-10)21(11-4-2-1-3-5-11)15(17(23)24)13(9-20-19)16(12)22/h1-8,19H,9H2,(H,23,24). The number of carbonyl (C=O) groups is 1. The first kappa shape index (κ1) is 15.9. The van der Waals surface area contributed by atoms with Gasteiger partial charge in [0, 0.05) is 16.1 Å². The summed E-state index contributed by atoms with van der Waals surface area (Å²) in [6.07, 6.45) is 0. The van der Waals surface area contributed by atoms with Crippen LogP contribution in [-0.4, -0.2) is 15.6 Å². The predicted octanol–water partition coefficient (Wildman–Crippen LogP) is 3.87. The van der Waals surface area contributed by atoms with E-state index in [4.69, 9.17) is 17.1 Å². The number of aromatic nitrogens is 1. The summed E-state index contributed by atoms with van der Waals surface area (Å²) in [5, 5.41) is 13.6. The molecule has 3 aromatic rings. The third-order valence-electron chi connectivity index (χ3n) is 3.68. The maximum atomic E-state index is 12.7. The molecule has 1 aromatic heterocycles. The Morgan fingerprint density at radius 3 is 2.54 bits per heavy atom. The summed E-state index contributed by atoms with van der Waals surface area (Å²) >= 11 is 6.05. The lowest BCUT2D eigenvalue weighted by molar-refractivity contribution is 0.0686. The summed E-state index contributed by atoms with van der Waals surface area (Å²) in [6.45, 7) is -0.300. The van der Waals surface area contributed by atoms with Gasteiger partial charge >= 0.3 is 5.97 Å². The van der Waals surface area contributed by atoms with E-state index in [-0.39, 0.29) is 17.8 Å². The van der Waals surface area contributed by atoms with Crippen molar-refractivity contribution in [3.63, 3.8) is 0 Å². The Labute approximate surface area is 141 Å². The van der Waals surface area contributed by atoms with Crippen LogP contribution in [0.25, 0.3) is 16.6 Å². The van der Waals surface area contributed by atoms with E-state index in [1.165, 1.54) is 4.57 Å². The zero-order valence-corrected chi connectivity index (χ0v) is 13.1. The molecule has 2 aromatic carbocycles. The molecule has 1 heterocycles. The number of hydrogen-bond acceptors (Lipinski definition) is 4. The van der Waals surface area contributed by atoms with Gasteiger partial charge in [-0.15, -0.1) is 0 Å². The average molecular weight is 342 g/mol. The summed E-state index contributed by atoms with van der Waals surface area (Å²) in [5.74, 6) is -1.27. The fraction of sp³-hybridized carbons (Fsp3) is 0.0588. The molecule has 7 heteroatoms. The normalized spacial score (nSPS) is 10.7. The Morgan fingerprint density at radius 2 is 1.92 bits per heavy atom. The largest absolute Gasteiger partial charge is 0.477 e. The van der Waals surface area contributed by atoms with Gasteiger partial charge in [-0.05, 0) is 30.3 Å². The molecule has 24 heavy (non-hydrogen) atoms. The minimum atomic E-state index is -1.27. The molecule has 0 saturated heterocycles. The number of aromatic carboxylic acids is 1. The second-order valence-electron chi connectivity index (χ2n) is 5.11. The summed E-state index contributed by atoms with van der Waals surface area (Å²) in [7, 11) is 0. The van der Waals surface area contributed by atoms with Crippen LogP contribution >= 0.6 is 11.6 Å². The number of rotatable bonds is 4. The molecule has 0 aliphatic carbocycles. The zero-order chi connectivity index (χ0) is 17.3. The second kappa shape index (κ2) is 6.25. The Morgan fingerprint density at radius 1 is 1.21 bits per heavy atom. The van der Waals surface area contributed by atoms with Gasteiger partial charge in [0.05, 0.1) is 17.6 Å². The SMILES string of the molecule is N=NCc1c(C(=O)O)n(-c2ccccc2)c2cc(Cl)ccc2c1=O. The highest BCUT2D eigenvalue weighted by Gasteiger charge is 2.22. The lowest BCUT2D eigenvalue weighted by Gasteiger charge is -2.17. The van der Waals surface area contributed by atoms with Crippen molar-refractivity contribution in [1.82, 2.24) is 4.57 Å². The lowest BCUT2D eigenvalue weighted by atomic mass is 10.1. The molecule has 120 valence electrons. The fourth-order valence-electron chi connectivity index (χ4n) is 2.70. The van der Waals surface area contributed by atoms with Crippen LogP contribution in [0.5, 0.6) is 0 Å². The quantitative estimate of drug-likeness (QED) is 0.705. The molecule has 0 radical (unpaired) electrons. The van der Waals surface area contributed by atoms with E-state index in [9.17, 15) is 14.7 Å². The molecule has 3 rings (SSSR count). The van der Waals surface area contributed by atoms with E-state index >= 15 is 0 Å². The van der Waals surface area contributed by atoms with Gasteiger partial charge in [0.2, 0.25) is 0 Å². The van der Waals surface area contributed by atoms with E-state index in [1.807, 2.05) is 6.07 Å². The second-order valence-corrected chi connectivity index (χ2v) is 5.55. The van der Waals surface area contributed by atoms with Crippen LogP contribution in [0.4, 0.5) is 0 Å². The van der Waals surface area contributed by atoms with Gasteiger partial charge in [-0.2, -0.15) is 5.11 Å². The first-order chi connectivity index (χ1) is 11.5. The first-order valence-corrected chi connectivity index (χ1v) is 7.41. The molecule has 0 bridgehead atoms. The molecule has 0 amide bonds. The summed E-state index contributed by atoms with van der Waals surface area (Å²) in [4.78, 5) is 24.6. The van der Waals surface area contributed by atoms with Crippen LogP contribution in [-0.2, 0) is 6.54 Å². The van der Waals surface area contributed by atoms with Crippen molar-refractivity contribution in [1.29, 1.82) is 5.53 Å². The van der Waals surface area contributed by atoms with Crippen molar-refractivity contribution in [3.8, 4) is 5.69 Å². The maximum Gasteiger partial charge on any atom is 0.353 e. The van der Waals surface area contributed by atoms with Crippen LogP contribution in [0.1, 0.15) is 16.1 Å². The minimum absolute atomic E-state index is 0.0313. The molecular formula is C17H12ClN3O3. The van der Waals surface area contributed by atoms with Crippen molar-refractivity contribution in [2.24, 2.45) is 5.11 Å². The Bertz CT molecular complexity index is 1010. The minimum Gasteiger partial charge on any atom is -0.477 e. The van der Waals surface area contributed by atoms with Crippen LogP contribution in [0.15, 0.2) is 58.4 Å². The highest BCUT2D eigenvalue weighted by molar-refractivity contribution is 6.31. The average Bonchev–Trinajstić information content (AvgIpc) is 2.57. The van der Waals surface area contributed by atoms with Crippen molar-refractivity contribution in [3.05, 3.63) is 75.0 Å². The number of hydrogen-bond donors (Lipinski definition) is 2. The third-order valence-corrected chi connectivity index (χ3v) is 3.92. The molecule has 0 atom stereocenters. The molecule has 2 N–H and O–H groups in total.